The molecule has 0 heterocycles. The first kappa shape index (κ1) is 19.7. The number of hydrogen-bond donors (Lipinski definition) is 2. The van der Waals surface area contributed by atoms with Gasteiger partial charge >= 0.3 is 12.1 Å². The molecule has 0 bridgehead atoms. The van der Waals surface area contributed by atoms with Crippen LogP contribution in [0.3, 0.4) is 0 Å². The predicted molar refractivity (Wildman–Crippen MR) is 79.7 cm³/mol. The highest BCUT2D eigenvalue weighted by molar-refractivity contribution is 5.71. The second-order valence-electron chi connectivity index (χ2n) is 5.16. The molecule has 21 heavy (non-hydrogen) atoms. The molecule has 6 nitrogen and oxygen atoms in total. The molecule has 0 aromatic carbocycles. The van der Waals surface area contributed by atoms with Crippen LogP contribution in [0.15, 0.2) is 0 Å². The minimum atomic E-state index is -0.863. The largest absolute Gasteiger partial charge is 0.449 e. The molecular weight excluding hydrogens is 274 g/mol. The lowest BCUT2D eigenvalue weighted by Crippen LogP contribution is -2.44. The molecule has 0 saturated carbocycles. The maximum absolute atomic E-state index is 11.7. The Labute approximate surface area is 127 Å². The van der Waals surface area contributed by atoms with E-state index in [1.54, 1.807) is 6.92 Å². The lowest BCUT2D eigenvalue weighted by atomic mass is 10.1. The number of rotatable bonds is 11. The summed E-state index contributed by atoms with van der Waals surface area (Å²) in [6.07, 6.45) is 3.27. The summed E-state index contributed by atoms with van der Waals surface area (Å²) in [5.41, 5.74) is 0. The van der Waals surface area contributed by atoms with E-state index in [1.807, 2.05) is 6.92 Å². The summed E-state index contributed by atoms with van der Waals surface area (Å²) in [6.45, 7) is 5.87. The van der Waals surface area contributed by atoms with Gasteiger partial charge in [0.2, 0.25) is 0 Å². The quantitative estimate of drug-likeness (QED) is 0.348. The minimum absolute atomic E-state index is 0.192. The van der Waals surface area contributed by atoms with E-state index >= 15 is 0 Å². The zero-order valence-corrected chi connectivity index (χ0v) is 13.4. The monoisotopic (exact) mass is 303 g/mol. The van der Waals surface area contributed by atoms with E-state index in [9.17, 15) is 14.7 Å². The van der Waals surface area contributed by atoms with Crippen LogP contribution in [-0.2, 0) is 14.3 Å². The summed E-state index contributed by atoms with van der Waals surface area (Å²) >= 11 is 0. The number of carbonyl (C=O) groups is 2. The van der Waals surface area contributed by atoms with Crippen molar-refractivity contribution in [1.82, 2.24) is 5.32 Å². The Morgan fingerprint density at radius 1 is 1.14 bits per heavy atom. The number of aliphatic hydroxyl groups is 1. The van der Waals surface area contributed by atoms with Crippen molar-refractivity contribution in [3.05, 3.63) is 0 Å². The summed E-state index contributed by atoms with van der Waals surface area (Å²) in [5, 5.41) is 11.7. The minimum Gasteiger partial charge on any atom is -0.449 e. The van der Waals surface area contributed by atoms with Crippen molar-refractivity contribution >= 4 is 12.1 Å². The van der Waals surface area contributed by atoms with E-state index in [1.165, 1.54) is 0 Å². The molecular formula is C15H29NO5. The molecule has 0 aliphatic rings. The highest BCUT2D eigenvalue weighted by Crippen LogP contribution is 2.08. The highest BCUT2D eigenvalue weighted by Gasteiger charge is 2.23. The molecule has 0 fully saturated rings. The van der Waals surface area contributed by atoms with Crippen molar-refractivity contribution in [3.63, 3.8) is 0 Å². The number of carbonyl (C=O) groups excluding carboxylic acids is 2. The van der Waals surface area contributed by atoms with Gasteiger partial charge in [-0.1, -0.05) is 40.0 Å². The number of aliphatic hydroxyl groups excluding tert-OH is 1. The van der Waals surface area contributed by atoms with E-state index in [4.69, 9.17) is 9.47 Å². The Morgan fingerprint density at radius 2 is 1.81 bits per heavy atom. The average molecular weight is 303 g/mol. The average Bonchev–Trinajstić information content (AvgIpc) is 2.46. The van der Waals surface area contributed by atoms with Crippen LogP contribution in [0, 0.1) is 5.92 Å². The molecule has 0 radical (unpaired) electrons. The van der Waals surface area contributed by atoms with Gasteiger partial charge in [0, 0.05) is 12.3 Å². The number of amides is 1. The van der Waals surface area contributed by atoms with Gasteiger partial charge in [0.25, 0.3) is 0 Å². The number of alkyl carbamates (subject to hydrolysis) is 1. The highest BCUT2D eigenvalue weighted by atomic mass is 16.6. The lowest BCUT2D eigenvalue weighted by molar-refractivity contribution is -0.154. The third kappa shape index (κ3) is 10.1. The van der Waals surface area contributed by atoms with Crippen LogP contribution in [0.25, 0.3) is 0 Å². The maximum atomic E-state index is 11.7. The number of esters is 1. The van der Waals surface area contributed by atoms with Crippen LogP contribution in [0.4, 0.5) is 4.79 Å². The second kappa shape index (κ2) is 12.4. The Hall–Kier alpha value is -1.30. The van der Waals surface area contributed by atoms with Gasteiger partial charge in [-0.25, -0.2) is 4.79 Å². The van der Waals surface area contributed by atoms with Crippen LogP contribution in [0.1, 0.15) is 59.3 Å². The number of hydrogen-bond acceptors (Lipinski definition) is 5. The zero-order chi connectivity index (χ0) is 16.1. The summed E-state index contributed by atoms with van der Waals surface area (Å²) in [5.74, 6) is -0.763. The number of ether oxygens (including phenoxy) is 2. The Kier molecular flexibility index (Phi) is 11.7. The van der Waals surface area contributed by atoms with Gasteiger partial charge in [0.15, 0.2) is 6.23 Å². The van der Waals surface area contributed by atoms with Gasteiger partial charge in [0.05, 0.1) is 13.2 Å². The van der Waals surface area contributed by atoms with Gasteiger partial charge < -0.3 is 14.6 Å². The Balaban J connectivity index is 4.25. The van der Waals surface area contributed by atoms with Gasteiger partial charge in [-0.05, 0) is 12.8 Å². The fraction of sp³-hybridized carbons (Fsp3) is 0.867. The molecule has 0 aromatic heterocycles. The van der Waals surface area contributed by atoms with Gasteiger partial charge in [-0.15, -0.1) is 0 Å². The lowest BCUT2D eigenvalue weighted by Gasteiger charge is -2.23. The standard InChI is InChI=1S/C15H29NO5/c1-4-6-8-9-13(18)21-14(12(3)11-17)16-15(19)20-10-7-5-2/h12,14,17H,4-11H2,1-3H3,(H,16,19). The van der Waals surface area contributed by atoms with E-state index in [0.29, 0.717) is 13.0 Å². The van der Waals surface area contributed by atoms with Crippen molar-refractivity contribution in [1.29, 1.82) is 0 Å². The van der Waals surface area contributed by atoms with Crippen LogP contribution >= 0.6 is 0 Å². The molecule has 0 spiro atoms. The van der Waals surface area contributed by atoms with E-state index in [2.05, 4.69) is 12.2 Å². The summed E-state index contributed by atoms with van der Waals surface area (Å²) < 4.78 is 10.2. The fourth-order valence-electron chi connectivity index (χ4n) is 1.57. The van der Waals surface area contributed by atoms with Crippen LogP contribution < -0.4 is 5.32 Å². The van der Waals surface area contributed by atoms with Crippen LogP contribution in [0.5, 0.6) is 0 Å². The molecule has 2 atom stereocenters. The molecule has 0 aliphatic heterocycles. The third-order valence-corrected chi connectivity index (χ3v) is 3.04. The Bertz CT molecular complexity index is 272. The van der Waals surface area contributed by atoms with Gasteiger partial charge in [-0.2, -0.15) is 0 Å². The molecule has 2 unspecified atom stereocenters. The SMILES string of the molecule is CCCCCC(=O)OC(NC(=O)OCCCC)C(C)CO. The topological polar surface area (TPSA) is 84.9 Å². The molecule has 0 aromatic rings. The summed E-state index contributed by atoms with van der Waals surface area (Å²) in [4.78, 5) is 23.3. The fourth-order valence-corrected chi connectivity index (χ4v) is 1.57. The van der Waals surface area contributed by atoms with Crippen molar-refractivity contribution < 1.29 is 24.2 Å². The normalized spacial score (nSPS) is 13.3. The molecule has 1 amide bonds. The second-order valence-corrected chi connectivity index (χ2v) is 5.16. The van der Waals surface area contributed by atoms with Crippen LogP contribution in [-0.4, -0.2) is 36.6 Å². The molecule has 6 heteroatoms. The number of unbranched alkanes of at least 4 members (excludes halogenated alkanes) is 3. The molecule has 2 N–H and O–H groups in total. The molecule has 0 rings (SSSR count). The molecule has 0 aliphatic carbocycles. The first-order chi connectivity index (χ1) is 10.0. The van der Waals surface area contributed by atoms with Crippen molar-refractivity contribution in [2.75, 3.05) is 13.2 Å². The first-order valence-corrected chi connectivity index (χ1v) is 7.78. The maximum Gasteiger partial charge on any atom is 0.409 e. The van der Waals surface area contributed by atoms with E-state index in [0.717, 1.165) is 32.1 Å². The Morgan fingerprint density at radius 3 is 2.38 bits per heavy atom. The first-order valence-electron chi connectivity index (χ1n) is 7.78. The van der Waals surface area contributed by atoms with Crippen molar-refractivity contribution in [2.24, 2.45) is 5.92 Å². The smallest absolute Gasteiger partial charge is 0.409 e. The molecule has 0 saturated heterocycles. The predicted octanol–water partition coefficient (Wildman–Crippen LogP) is 2.59. The van der Waals surface area contributed by atoms with Gasteiger partial charge in [0.1, 0.15) is 0 Å². The van der Waals surface area contributed by atoms with Crippen LogP contribution in [0.2, 0.25) is 0 Å². The number of nitrogens with one attached hydrogen (secondary N) is 1. The van der Waals surface area contributed by atoms with E-state index < -0.39 is 12.3 Å². The molecule has 124 valence electrons. The summed E-state index contributed by atoms with van der Waals surface area (Å²) in [6, 6.07) is 0. The third-order valence-electron chi connectivity index (χ3n) is 3.04. The van der Waals surface area contributed by atoms with Gasteiger partial charge in [-0.3, -0.25) is 10.1 Å². The van der Waals surface area contributed by atoms with Crippen molar-refractivity contribution in [2.45, 2.75) is 65.5 Å². The summed E-state index contributed by atoms with van der Waals surface area (Å²) in [7, 11) is 0. The van der Waals surface area contributed by atoms with Crippen molar-refractivity contribution in [3.8, 4) is 0 Å². The van der Waals surface area contributed by atoms with E-state index in [-0.39, 0.29) is 18.5 Å². The zero-order valence-electron chi connectivity index (χ0n) is 13.4.